The van der Waals surface area contributed by atoms with E-state index >= 15 is 0 Å². The first-order chi connectivity index (χ1) is 7.16. The van der Waals surface area contributed by atoms with Crippen molar-refractivity contribution in [2.75, 3.05) is 5.32 Å². The van der Waals surface area contributed by atoms with Crippen LogP contribution in [0.5, 0.6) is 0 Å². The van der Waals surface area contributed by atoms with E-state index in [9.17, 15) is 4.79 Å². The summed E-state index contributed by atoms with van der Waals surface area (Å²) in [4.78, 5) is 11.7. The summed E-state index contributed by atoms with van der Waals surface area (Å²) < 4.78 is 0.822. The van der Waals surface area contributed by atoms with E-state index in [-0.39, 0.29) is 11.8 Å². The Kier molecular flexibility index (Phi) is 3.32. The van der Waals surface area contributed by atoms with Crippen LogP contribution in [0.1, 0.15) is 19.3 Å². The number of hydrogen-bond donors (Lipinski definition) is 1. The number of carbonyl (C=O) groups is 1. The molecule has 1 saturated carbocycles. The molecule has 15 heavy (non-hydrogen) atoms. The van der Waals surface area contributed by atoms with E-state index in [0.29, 0.717) is 5.02 Å². The molecule has 2 rings (SSSR count). The fraction of sp³-hybridized carbons (Fsp3) is 0.364. The highest BCUT2D eigenvalue weighted by Crippen LogP contribution is 2.30. The number of anilines is 1. The molecular weight excluding hydrogens is 277 g/mol. The molecule has 0 saturated heterocycles. The molecular formula is C11H11BrClNO. The van der Waals surface area contributed by atoms with Crippen LogP contribution in [0.4, 0.5) is 5.69 Å². The van der Waals surface area contributed by atoms with Gasteiger partial charge in [0, 0.05) is 15.4 Å². The van der Waals surface area contributed by atoms with Crippen molar-refractivity contribution in [3.05, 3.63) is 27.7 Å². The van der Waals surface area contributed by atoms with Crippen molar-refractivity contribution < 1.29 is 4.79 Å². The predicted octanol–water partition coefficient (Wildman–Crippen LogP) is 3.84. The summed E-state index contributed by atoms with van der Waals surface area (Å²) >= 11 is 9.18. The molecule has 1 aliphatic carbocycles. The zero-order valence-electron chi connectivity index (χ0n) is 8.09. The third-order valence-corrected chi connectivity index (χ3v) is 3.56. The first kappa shape index (κ1) is 11.0. The predicted molar refractivity (Wildman–Crippen MR) is 65.1 cm³/mol. The maximum absolute atomic E-state index is 11.7. The van der Waals surface area contributed by atoms with Crippen molar-refractivity contribution in [1.82, 2.24) is 0 Å². The van der Waals surface area contributed by atoms with Crippen LogP contribution in [-0.4, -0.2) is 5.91 Å². The number of nitrogens with one attached hydrogen (secondary N) is 1. The van der Waals surface area contributed by atoms with Crippen molar-refractivity contribution in [2.45, 2.75) is 19.3 Å². The van der Waals surface area contributed by atoms with Gasteiger partial charge in [-0.3, -0.25) is 4.79 Å². The minimum atomic E-state index is 0.115. The van der Waals surface area contributed by atoms with Crippen LogP contribution in [0.2, 0.25) is 5.02 Å². The second-order valence-electron chi connectivity index (χ2n) is 3.74. The zero-order valence-corrected chi connectivity index (χ0v) is 10.4. The number of amides is 1. The number of rotatable bonds is 2. The van der Waals surface area contributed by atoms with Gasteiger partial charge in [-0.1, -0.05) is 18.0 Å². The summed E-state index contributed by atoms with van der Waals surface area (Å²) in [5, 5.41) is 3.55. The van der Waals surface area contributed by atoms with Crippen LogP contribution < -0.4 is 5.32 Å². The molecule has 4 heteroatoms. The van der Waals surface area contributed by atoms with E-state index in [2.05, 4.69) is 21.2 Å². The lowest BCUT2D eigenvalue weighted by atomic mass is 9.85. The number of benzene rings is 1. The lowest BCUT2D eigenvalue weighted by Gasteiger charge is -2.24. The van der Waals surface area contributed by atoms with Crippen molar-refractivity contribution in [2.24, 2.45) is 5.92 Å². The van der Waals surface area contributed by atoms with Gasteiger partial charge in [0.15, 0.2) is 0 Å². The van der Waals surface area contributed by atoms with Crippen molar-refractivity contribution >= 4 is 39.1 Å². The van der Waals surface area contributed by atoms with E-state index in [1.54, 1.807) is 12.1 Å². The maximum atomic E-state index is 11.7. The molecule has 0 bridgehead atoms. The number of halogens is 2. The molecule has 0 unspecified atom stereocenters. The van der Waals surface area contributed by atoms with Crippen LogP contribution in [0.25, 0.3) is 0 Å². The molecule has 1 aromatic rings. The first-order valence-corrected chi connectivity index (χ1v) is 6.10. The van der Waals surface area contributed by atoms with Gasteiger partial charge in [0.2, 0.25) is 5.91 Å². The molecule has 2 nitrogen and oxygen atoms in total. The van der Waals surface area contributed by atoms with E-state index in [0.717, 1.165) is 23.0 Å². The molecule has 80 valence electrons. The highest BCUT2D eigenvalue weighted by Gasteiger charge is 2.25. The highest BCUT2D eigenvalue weighted by molar-refractivity contribution is 9.10. The van der Waals surface area contributed by atoms with Gasteiger partial charge >= 0.3 is 0 Å². The van der Waals surface area contributed by atoms with Gasteiger partial charge in [-0.2, -0.15) is 0 Å². The van der Waals surface area contributed by atoms with Crippen LogP contribution in [-0.2, 0) is 4.79 Å². The van der Waals surface area contributed by atoms with Crippen LogP contribution in [0, 0.1) is 5.92 Å². The summed E-state index contributed by atoms with van der Waals surface area (Å²) in [6, 6.07) is 5.35. The molecule has 1 fully saturated rings. The molecule has 0 aliphatic heterocycles. The van der Waals surface area contributed by atoms with Gasteiger partial charge in [-0.15, -0.1) is 0 Å². The molecule has 1 N–H and O–H groups in total. The Morgan fingerprint density at radius 2 is 2.20 bits per heavy atom. The van der Waals surface area contributed by atoms with Gasteiger partial charge in [-0.05, 0) is 47.0 Å². The molecule has 0 heterocycles. The number of hydrogen-bond acceptors (Lipinski definition) is 1. The van der Waals surface area contributed by atoms with Gasteiger partial charge < -0.3 is 5.32 Å². The lowest BCUT2D eigenvalue weighted by molar-refractivity contribution is -0.122. The fourth-order valence-corrected chi connectivity index (χ4v) is 2.28. The van der Waals surface area contributed by atoms with Crippen molar-refractivity contribution in [3.63, 3.8) is 0 Å². The summed E-state index contributed by atoms with van der Waals surface area (Å²) in [5.74, 6) is 0.317. The Labute approximate surface area is 102 Å². The molecule has 0 spiro atoms. The monoisotopic (exact) mass is 287 g/mol. The van der Waals surface area contributed by atoms with E-state index < -0.39 is 0 Å². The SMILES string of the molecule is O=C(Nc1ccc(Cl)cc1Br)C1CCC1. The molecule has 1 aliphatic rings. The van der Waals surface area contributed by atoms with Gasteiger partial charge in [0.05, 0.1) is 5.69 Å². The highest BCUT2D eigenvalue weighted by atomic mass is 79.9. The second kappa shape index (κ2) is 4.54. The van der Waals surface area contributed by atoms with E-state index in [1.165, 1.54) is 6.42 Å². The zero-order chi connectivity index (χ0) is 10.8. The second-order valence-corrected chi connectivity index (χ2v) is 5.03. The van der Waals surface area contributed by atoms with Crippen molar-refractivity contribution in [1.29, 1.82) is 0 Å². The van der Waals surface area contributed by atoms with Crippen LogP contribution in [0.15, 0.2) is 22.7 Å². The normalized spacial score (nSPS) is 15.9. The average molecular weight is 289 g/mol. The van der Waals surface area contributed by atoms with E-state index in [4.69, 9.17) is 11.6 Å². The Hall–Kier alpha value is -0.540. The third-order valence-electron chi connectivity index (χ3n) is 2.66. The quantitative estimate of drug-likeness (QED) is 0.880. The molecule has 0 radical (unpaired) electrons. The molecule has 1 aromatic carbocycles. The molecule has 0 atom stereocenters. The summed E-state index contributed by atoms with van der Waals surface area (Å²) in [7, 11) is 0. The minimum absolute atomic E-state index is 0.115. The largest absolute Gasteiger partial charge is 0.325 e. The third kappa shape index (κ3) is 2.52. The number of carbonyl (C=O) groups excluding carboxylic acids is 1. The van der Waals surface area contributed by atoms with Gasteiger partial charge in [-0.25, -0.2) is 0 Å². The smallest absolute Gasteiger partial charge is 0.227 e. The van der Waals surface area contributed by atoms with Crippen LogP contribution >= 0.6 is 27.5 Å². The standard InChI is InChI=1S/C11H11BrClNO/c12-9-6-8(13)4-5-10(9)14-11(15)7-2-1-3-7/h4-7H,1-3H2,(H,14,15). The van der Waals surface area contributed by atoms with Crippen molar-refractivity contribution in [3.8, 4) is 0 Å². The molecule has 1 amide bonds. The summed E-state index contributed by atoms with van der Waals surface area (Å²) in [6.07, 6.45) is 3.19. The topological polar surface area (TPSA) is 29.1 Å². The first-order valence-electron chi connectivity index (χ1n) is 4.93. The summed E-state index contributed by atoms with van der Waals surface area (Å²) in [5.41, 5.74) is 0.788. The van der Waals surface area contributed by atoms with Crippen LogP contribution in [0.3, 0.4) is 0 Å². The Bertz CT molecular complexity index is 390. The summed E-state index contributed by atoms with van der Waals surface area (Å²) in [6.45, 7) is 0. The Morgan fingerprint density at radius 1 is 1.47 bits per heavy atom. The lowest BCUT2D eigenvalue weighted by Crippen LogP contribution is -2.28. The minimum Gasteiger partial charge on any atom is -0.325 e. The average Bonchev–Trinajstić information content (AvgIpc) is 2.07. The Morgan fingerprint density at radius 3 is 2.73 bits per heavy atom. The van der Waals surface area contributed by atoms with Gasteiger partial charge in [0.1, 0.15) is 0 Å². The maximum Gasteiger partial charge on any atom is 0.227 e. The Balaban J connectivity index is 2.06. The molecule has 0 aromatic heterocycles. The van der Waals surface area contributed by atoms with E-state index in [1.807, 2.05) is 6.07 Å². The fourth-order valence-electron chi connectivity index (χ4n) is 1.50. The van der Waals surface area contributed by atoms with Gasteiger partial charge in [0.25, 0.3) is 0 Å².